The molecule has 0 aliphatic heterocycles. The molecule has 0 N–H and O–H groups in total. The molecule has 1 aromatic carbocycles. The summed E-state index contributed by atoms with van der Waals surface area (Å²) in [6.07, 6.45) is 0. The molecule has 0 unspecified atom stereocenters. The highest BCUT2D eigenvalue weighted by atomic mass is 16.5. The molecule has 0 aliphatic carbocycles. The van der Waals surface area contributed by atoms with Gasteiger partial charge in [0.15, 0.2) is 5.78 Å². The summed E-state index contributed by atoms with van der Waals surface area (Å²) in [6, 6.07) is 3.20. The average molecular weight is 262 g/mol. The second kappa shape index (κ2) is 4.76. The molecule has 0 spiro atoms. The number of Topliss-reactive ketones (excluding diaryl/α,β-unsaturated/α-hetero) is 1. The maximum atomic E-state index is 11.7. The first-order valence-electron chi connectivity index (χ1n) is 5.70. The molecule has 0 radical (unpaired) electrons. The Bertz CT molecular complexity index is 666. The summed E-state index contributed by atoms with van der Waals surface area (Å²) in [6.45, 7) is 3.12. The number of furan rings is 1. The number of carbonyl (C=O) groups is 2. The Morgan fingerprint density at radius 3 is 2.42 bits per heavy atom. The van der Waals surface area contributed by atoms with E-state index in [9.17, 15) is 9.59 Å². The molecule has 1 heterocycles. The number of aryl methyl sites for hydroxylation is 1. The molecule has 100 valence electrons. The molecule has 0 amide bonds. The van der Waals surface area contributed by atoms with Crippen molar-refractivity contribution in [2.75, 3.05) is 14.2 Å². The minimum atomic E-state index is -0.478. The van der Waals surface area contributed by atoms with E-state index in [4.69, 9.17) is 13.9 Å². The lowest BCUT2D eigenvalue weighted by Gasteiger charge is -2.05. The highest BCUT2D eigenvalue weighted by molar-refractivity contribution is 6.08. The minimum Gasteiger partial charge on any atom is -0.496 e. The maximum Gasteiger partial charge on any atom is 0.342 e. The zero-order valence-corrected chi connectivity index (χ0v) is 11.2. The van der Waals surface area contributed by atoms with Crippen LogP contribution in [0, 0.1) is 6.92 Å². The van der Waals surface area contributed by atoms with Crippen LogP contribution in [0.15, 0.2) is 16.5 Å². The summed E-state index contributed by atoms with van der Waals surface area (Å²) in [4.78, 5) is 23.3. The van der Waals surface area contributed by atoms with Crippen molar-refractivity contribution in [3.63, 3.8) is 0 Å². The number of rotatable bonds is 3. The van der Waals surface area contributed by atoms with E-state index in [1.807, 2.05) is 0 Å². The van der Waals surface area contributed by atoms with Crippen molar-refractivity contribution in [1.29, 1.82) is 0 Å². The van der Waals surface area contributed by atoms with Crippen molar-refractivity contribution < 1.29 is 23.5 Å². The Morgan fingerprint density at radius 1 is 1.21 bits per heavy atom. The molecule has 2 rings (SSSR count). The zero-order valence-electron chi connectivity index (χ0n) is 11.2. The largest absolute Gasteiger partial charge is 0.496 e. The van der Waals surface area contributed by atoms with Gasteiger partial charge in [-0.1, -0.05) is 0 Å². The average Bonchev–Trinajstić information content (AvgIpc) is 2.71. The summed E-state index contributed by atoms with van der Waals surface area (Å²) in [7, 11) is 2.78. The molecule has 2 aromatic rings. The molecule has 5 nitrogen and oxygen atoms in total. The van der Waals surface area contributed by atoms with Crippen LogP contribution in [-0.2, 0) is 4.74 Å². The molecule has 0 saturated carbocycles. The normalized spacial score (nSPS) is 10.5. The van der Waals surface area contributed by atoms with Gasteiger partial charge in [0.25, 0.3) is 0 Å². The predicted molar refractivity (Wildman–Crippen MR) is 68.8 cm³/mol. The van der Waals surface area contributed by atoms with Crippen molar-refractivity contribution in [2.45, 2.75) is 13.8 Å². The number of methoxy groups -OCH3 is 2. The van der Waals surface area contributed by atoms with Gasteiger partial charge in [0, 0.05) is 5.39 Å². The lowest BCUT2D eigenvalue weighted by molar-refractivity contribution is 0.0600. The monoisotopic (exact) mass is 262 g/mol. The van der Waals surface area contributed by atoms with Gasteiger partial charge in [-0.15, -0.1) is 0 Å². The van der Waals surface area contributed by atoms with Crippen LogP contribution >= 0.6 is 0 Å². The third kappa shape index (κ3) is 2.07. The predicted octanol–water partition coefficient (Wildman–Crippen LogP) is 2.74. The Kier molecular flexibility index (Phi) is 3.29. The van der Waals surface area contributed by atoms with Crippen LogP contribution in [-0.4, -0.2) is 26.0 Å². The molecule has 0 bridgehead atoms. The maximum absolute atomic E-state index is 11.7. The third-order valence-electron chi connectivity index (χ3n) is 2.95. The first-order chi connectivity index (χ1) is 8.99. The topological polar surface area (TPSA) is 65.7 Å². The van der Waals surface area contributed by atoms with E-state index in [0.29, 0.717) is 33.6 Å². The van der Waals surface area contributed by atoms with Gasteiger partial charge in [0.05, 0.1) is 19.8 Å². The Morgan fingerprint density at radius 2 is 1.89 bits per heavy atom. The smallest absolute Gasteiger partial charge is 0.342 e. The molecule has 0 fully saturated rings. The molecule has 0 atom stereocenters. The van der Waals surface area contributed by atoms with Crippen molar-refractivity contribution >= 4 is 22.7 Å². The summed E-state index contributed by atoms with van der Waals surface area (Å²) >= 11 is 0. The van der Waals surface area contributed by atoms with Crippen LogP contribution in [0.25, 0.3) is 11.0 Å². The number of esters is 1. The number of carbonyl (C=O) groups excluding carboxylic acids is 2. The van der Waals surface area contributed by atoms with Gasteiger partial charge in [0.1, 0.15) is 22.7 Å². The van der Waals surface area contributed by atoms with Crippen LogP contribution in [0.4, 0.5) is 0 Å². The fourth-order valence-electron chi connectivity index (χ4n) is 2.05. The van der Waals surface area contributed by atoms with Gasteiger partial charge < -0.3 is 13.9 Å². The summed E-state index contributed by atoms with van der Waals surface area (Å²) in [5.74, 6) is 0.247. The first kappa shape index (κ1) is 13.1. The number of fused-ring (bicyclic) bond motifs is 1. The van der Waals surface area contributed by atoms with Crippen LogP contribution in [0.2, 0.25) is 0 Å². The lowest BCUT2D eigenvalue weighted by Crippen LogP contribution is -2.02. The second-order valence-corrected chi connectivity index (χ2v) is 4.13. The molecule has 0 saturated heterocycles. The van der Waals surface area contributed by atoms with Crippen molar-refractivity contribution in [3.8, 4) is 5.75 Å². The minimum absolute atomic E-state index is 0.132. The van der Waals surface area contributed by atoms with Crippen LogP contribution < -0.4 is 4.74 Å². The van der Waals surface area contributed by atoms with E-state index in [2.05, 4.69) is 0 Å². The van der Waals surface area contributed by atoms with E-state index < -0.39 is 5.97 Å². The van der Waals surface area contributed by atoms with Crippen molar-refractivity contribution in [1.82, 2.24) is 0 Å². The Balaban J connectivity index is 2.78. The molecule has 5 heteroatoms. The van der Waals surface area contributed by atoms with E-state index in [-0.39, 0.29) is 5.78 Å². The molecule has 0 aliphatic rings. The first-order valence-corrected chi connectivity index (χ1v) is 5.70. The molecular weight excluding hydrogens is 248 g/mol. The Labute approximate surface area is 110 Å². The zero-order chi connectivity index (χ0) is 14.2. The molecule has 19 heavy (non-hydrogen) atoms. The fraction of sp³-hybridized carbons (Fsp3) is 0.286. The fourth-order valence-corrected chi connectivity index (χ4v) is 2.05. The second-order valence-electron chi connectivity index (χ2n) is 4.13. The van der Waals surface area contributed by atoms with Crippen LogP contribution in [0.3, 0.4) is 0 Å². The van der Waals surface area contributed by atoms with Gasteiger partial charge >= 0.3 is 5.97 Å². The number of ketones is 1. The molecule has 1 aromatic heterocycles. The third-order valence-corrected chi connectivity index (χ3v) is 2.95. The molecular formula is C14H14O5. The van der Waals surface area contributed by atoms with Gasteiger partial charge in [-0.05, 0) is 26.0 Å². The standard InChI is InChI=1S/C14H14O5/c1-7(15)9-5-12-10(6-11(9)17-3)13(8(2)19-12)14(16)18-4/h5-6H,1-4H3. The van der Waals surface area contributed by atoms with Gasteiger partial charge in [-0.25, -0.2) is 4.79 Å². The SMILES string of the molecule is COC(=O)c1c(C)oc2cc(C(C)=O)c(OC)cc12. The van der Waals surface area contributed by atoms with Gasteiger partial charge in [0.2, 0.25) is 0 Å². The van der Waals surface area contributed by atoms with E-state index in [1.54, 1.807) is 19.1 Å². The quantitative estimate of drug-likeness (QED) is 0.628. The van der Waals surface area contributed by atoms with Crippen molar-refractivity contribution in [3.05, 3.63) is 29.0 Å². The lowest BCUT2D eigenvalue weighted by atomic mass is 10.1. The number of hydrogen-bond donors (Lipinski definition) is 0. The summed E-state index contributed by atoms with van der Waals surface area (Å²) in [5, 5.41) is 0.575. The van der Waals surface area contributed by atoms with E-state index in [0.717, 1.165) is 0 Å². The van der Waals surface area contributed by atoms with E-state index in [1.165, 1.54) is 21.1 Å². The number of benzene rings is 1. The van der Waals surface area contributed by atoms with Crippen LogP contribution in [0.5, 0.6) is 5.75 Å². The van der Waals surface area contributed by atoms with Crippen LogP contribution in [0.1, 0.15) is 33.4 Å². The van der Waals surface area contributed by atoms with Crippen molar-refractivity contribution in [2.24, 2.45) is 0 Å². The summed E-state index contributed by atoms with van der Waals surface area (Å²) in [5.41, 5.74) is 1.23. The summed E-state index contributed by atoms with van der Waals surface area (Å²) < 4.78 is 15.4. The number of ether oxygens (including phenoxy) is 2. The Hall–Kier alpha value is -2.30. The number of hydrogen-bond acceptors (Lipinski definition) is 5. The highest BCUT2D eigenvalue weighted by Crippen LogP contribution is 2.32. The highest BCUT2D eigenvalue weighted by Gasteiger charge is 2.21. The van der Waals surface area contributed by atoms with E-state index >= 15 is 0 Å². The van der Waals surface area contributed by atoms with Gasteiger partial charge in [-0.2, -0.15) is 0 Å². The van der Waals surface area contributed by atoms with Gasteiger partial charge in [-0.3, -0.25) is 4.79 Å².